The highest BCUT2D eigenvalue weighted by Gasteiger charge is 1.92. The summed E-state index contributed by atoms with van der Waals surface area (Å²) in [6, 6.07) is 8.31. The first-order chi connectivity index (χ1) is 5.24. The Labute approximate surface area is 80.0 Å². The van der Waals surface area contributed by atoms with Crippen LogP contribution in [0.1, 0.15) is 0 Å². The van der Waals surface area contributed by atoms with Crippen LogP contribution in [0.25, 0.3) is 0 Å². The van der Waals surface area contributed by atoms with Crippen molar-refractivity contribution in [3.8, 4) is 0 Å². The van der Waals surface area contributed by atoms with Crippen molar-refractivity contribution >= 4 is 23.8 Å². The molecular weight excluding hydrogens is 172 g/mol. The fourth-order valence-corrected chi connectivity index (χ4v) is 0.926. The number of hydrogen-bond donors (Lipinski definition) is 1. The molecule has 2 nitrogen and oxygen atoms in total. The molecule has 0 fully saturated rings. The zero-order chi connectivity index (χ0) is 8.27. The Bertz CT molecular complexity index is 218. The number of halogens is 1. The van der Waals surface area contributed by atoms with Gasteiger partial charge in [0.1, 0.15) is 0 Å². The van der Waals surface area contributed by atoms with E-state index in [0.717, 1.165) is 5.69 Å². The van der Waals surface area contributed by atoms with Crippen molar-refractivity contribution in [1.82, 2.24) is 0 Å². The summed E-state index contributed by atoms with van der Waals surface area (Å²) in [6.07, 6.45) is 0. The quantitative estimate of drug-likeness (QED) is 0.762. The van der Waals surface area contributed by atoms with E-state index >= 15 is 0 Å². The van der Waals surface area contributed by atoms with Crippen molar-refractivity contribution in [1.29, 1.82) is 0 Å². The lowest BCUT2D eigenvalue weighted by atomic mass is 10.3. The van der Waals surface area contributed by atoms with Gasteiger partial charge in [-0.2, -0.15) is 0 Å². The van der Waals surface area contributed by atoms with Gasteiger partial charge in [-0.1, -0.05) is 0 Å². The standard InChI is InChI=1S/C9H14N2.ClH/c1-10-8-4-6-9(7-5-8)11(2)3;/h4-7,10H,1-3H3;1H. The molecule has 68 valence electrons. The molecule has 1 aromatic rings. The second-order valence-corrected chi connectivity index (χ2v) is 2.69. The minimum absolute atomic E-state index is 0. The minimum Gasteiger partial charge on any atom is -0.388 e. The number of benzene rings is 1. The molecule has 0 heterocycles. The van der Waals surface area contributed by atoms with Crippen LogP contribution in [0.15, 0.2) is 24.3 Å². The average molecular weight is 187 g/mol. The van der Waals surface area contributed by atoms with E-state index < -0.39 is 0 Å². The Balaban J connectivity index is 0.00000121. The topological polar surface area (TPSA) is 15.3 Å². The van der Waals surface area contributed by atoms with Gasteiger partial charge in [0.2, 0.25) is 0 Å². The van der Waals surface area contributed by atoms with Gasteiger partial charge in [0.15, 0.2) is 0 Å². The molecular formula is C9H15ClN2. The van der Waals surface area contributed by atoms with Crippen LogP contribution in [0, 0.1) is 0 Å². The molecule has 0 aromatic heterocycles. The Morgan fingerprint density at radius 3 is 1.92 bits per heavy atom. The number of anilines is 2. The molecule has 1 aromatic carbocycles. The molecule has 0 radical (unpaired) electrons. The van der Waals surface area contributed by atoms with Gasteiger partial charge in [-0.3, -0.25) is 0 Å². The number of rotatable bonds is 2. The molecule has 12 heavy (non-hydrogen) atoms. The highest BCUT2D eigenvalue weighted by Crippen LogP contribution is 2.14. The predicted molar refractivity (Wildman–Crippen MR) is 57.6 cm³/mol. The monoisotopic (exact) mass is 186 g/mol. The maximum absolute atomic E-state index is 3.07. The highest BCUT2D eigenvalue weighted by atomic mass is 35.5. The molecule has 0 aliphatic carbocycles. The van der Waals surface area contributed by atoms with E-state index in [4.69, 9.17) is 0 Å². The molecule has 0 saturated carbocycles. The third-order valence-electron chi connectivity index (χ3n) is 1.67. The molecule has 0 saturated heterocycles. The fourth-order valence-electron chi connectivity index (χ4n) is 0.926. The first-order valence-corrected chi connectivity index (χ1v) is 3.69. The van der Waals surface area contributed by atoms with Crippen LogP contribution in [0.4, 0.5) is 11.4 Å². The highest BCUT2D eigenvalue weighted by molar-refractivity contribution is 5.85. The molecule has 0 amide bonds. The molecule has 1 N–H and O–H groups in total. The minimum atomic E-state index is 0. The van der Waals surface area contributed by atoms with Crippen molar-refractivity contribution in [3.05, 3.63) is 24.3 Å². The van der Waals surface area contributed by atoms with Crippen LogP contribution in [0.5, 0.6) is 0 Å². The largest absolute Gasteiger partial charge is 0.388 e. The van der Waals surface area contributed by atoms with Crippen LogP contribution in [0.3, 0.4) is 0 Å². The first-order valence-electron chi connectivity index (χ1n) is 3.69. The van der Waals surface area contributed by atoms with Crippen LogP contribution in [0.2, 0.25) is 0 Å². The Kier molecular flexibility index (Phi) is 4.52. The van der Waals surface area contributed by atoms with Gasteiger partial charge in [0.05, 0.1) is 0 Å². The summed E-state index contributed by atoms with van der Waals surface area (Å²) in [4.78, 5) is 2.08. The second-order valence-electron chi connectivity index (χ2n) is 2.69. The van der Waals surface area contributed by atoms with Gasteiger partial charge >= 0.3 is 0 Å². The van der Waals surface area contributed by atoms with Crippen molar-refractivity contribution < 1.29 is 0 Å². The fraction of sp³-hybridized carbons (Fsp3) is 0.333. The van der Waals surface area contributed by atoms with Crippen molar-refractivity contribution in [2.45, 2.75) is 0 Å². The Morgan fingerprint density at radius 1 is 1.08 bits per heavy atom. The molecule has 0 aliphatic rings. The van der Waals surface area contributed by atoms with E-state index in [1.807, 2.05) is 21.1 Å². The Hall–Kier alpha value is -0.890. The van der Waals surface area contributed by atoms with Gasteiger partial charge in [-0.15, -0.1) is 12.4 Å². The molecule has 0 aliphatic heterocycles. The summed E-state index contributed by atoms with van der Waals surface area (Å²) in [7, 11) is 5.99. The van der Waals surface area contributed by atoms with Crippen LogP contribution in [-0.4, -0.2) is 21.1 Å². The van der Waals surface area contributed by atoms with Crippen LogP contribution >= 0.6 is 12.4 Å². The number of nitrogens with one attached hydrogen (secondary N) is 1. The van der Waals surface area contributed by atoms with Crippen molar-refractivity contribution in [3.63, 3.8) is 0 Å². The molecule has 0 atom stereocenters. The summed E-state index contributed by atoms with van der Waals surface area (Å²) in [6.45, 7) is 0. The van der Waals surface area contributed by atoms with Crippen molar-refractivity contribution in [2.75, 3.05) is 31.4 Å². The first kappa shape index (κ1) is 11.1. The second kappa shape index (κ2) is 4.88. The van der Waals surface area contributed by atoms with E-state index in [1.54, 1.807) is 0 Å². The van der Waals surface area contributed by atoms with Gasteiger partial charge in [-0.05, 0) is 24.3 Å². The smallest absolute Gasteiger partial charge is 0.0362 e. The molecule has 1 rings (SSSR count). The third-order valence-corrected chi connectivity index (χ3v) is 1.67. The van der Waals surface area contributed by atoms with Gasteiger partial charge in [0, 0.05) is 32.5 Å². The van der Waals surface area contributed by atoms with Crippen LogP contribution < -0.4 is 10.2 Å². The van der Waals surface area contributed by atoms with E-state index in [-0.39, 0.29) is 12.4 Å². The van der Waals surface area contributed by atoms with Gasteiger partial charge in [-0.25, -0.2) is 0 Å². The maximum Gasteiger partial charge on any atom is 0.0362 e. The van der Waals surface area contributed by atoms with E-state index in [2.05, 4.69) is 34.5 Å². The van der Waals surface area contributed by atoms with E-state index in [1.165, 1.54) is 5.69 Å². The van der Waals surface area contributed by atoms with E-state index in [0.29, 0.717) is 0 Å². The molecule has 0 spiro atoms. The average Bonchev–Trinajstić information content (AvgIpc) is 2.05. The maximum atomic E-state index is 3.07. The lowest BCUT2D eigenvalue weighted by Crippen LogP contribution is -2.08. The SMILES string of the molecule is CNc1ccc(N(C)C)cc1.Cl. The third kappa shape index (κ3) is 2.62. The summed E-state index contributed by atoms with van der Waals surface area (Å²) in [5.74, 6) is 0. The zero-order valence-electron chi connectivity index (χ0n) is 7.66. The predicted octanol–water partition coefficient (Wildman–Crippen LogP) is 2.22. The number of nitrogens with zero attached hydrogens (tertiary/aromatic N) is 1. The summed E-state index contributed by atoms with van der Waals surface area (Å²) < 4.78 is 0. The summed E-state index contributed by atoms with van der Waals surface area (Å²) in [5.41, 5.74) is 2.37. The van der Waals surface area contributed by atoms with Crippen molar-refractivity contribution in [2.24, 2.45) is 0 Å². The van der Waals surface area contributed by atoms with Crippen LogP contribution in [-0.2, 0) is 0 Å². The summed E-state index contributed by atoms with van der Waals surface area (Å²) in [5, 5.41) is 3.07. The zero-order valence-corrected chi connectivity index (χ0v) is 8.48. The number of hydrogen-bond acceptors (Lipinski definition) is 2. The Morgan fingerprint density at radius 2 is 1.58 bits per heavy atom. The summed E-state index contributed by atoms with van der Waals surface area (Å²) >= 11 is 0. The van der Waals surface area contributed by atoms with Gasteiger partial charge in [0.25, 0.3) is 0 Å². The lowest BCUT2D eigenvalue weighted by molar-refractivity contribution is 1.13. The van der Waals surface area contributed by atoms with E-state index in [9.17, 15) is 0 Å². The van der Waals surface area contributed by atoms with Gasteiger partial charge < -0.3 is 10.2 Å². The molecule has 3 heteroatoms. The lowest BCUT2D eigenvalue weighted by Gasteiger charge is -2.12. The normalized spacial score (nSPS) is 8.58. The molecule has 0 unspecified atom stereocenters. The molecule has 0 bridgehead atoms.